The minimum absolute atomic E-state index is 0.547. The number of hydrogen-bond acceptors (Lipinski definition) is 2. The van der Waals surface area contributed by atoms with Gasteiger partial charge in [-0.05, 0) is 48.7 Å². The Kier molecular flexibility index (Phi) is 4.85. The molecule has 0 aliphatic heterocycles. The molecule has 2 rings (SSSR count). The van der Waals surface area contributed by atoms with Gasteiger partial charge in [0.25, 0.3) is 0 Å². The molecule has 0 aromatic heterocycles. The summed E-state index contributed by atoms with van der Waals surface area (Å²) in [6, 6.07) is 19.3. The molecule has 1 atom stereocenters. The van der Waals surface area contributed by atoms with Gasteiger partial charge in [-0.15, -0.1) is 0 Å². The fourth-order valence-electron chi connectivity index (χ4n) is 1.91. The second-order valence-electron chi connectivity index (χ2n) is 4.46. The van der Waals surface area contributed by atoms with Crippen LogP contribution in [0.15, 0.2) is 64.4 Å². The van der Waals surface area contributed by atoms with E-state index in [1.165, 1.54) is 15.4 Å². The zero-order valence-corrected chi connectivity index (χ0v) is 11.5. The zero-order chi connectivity index (χ0) is 12.8. The first kappa shape index (κ1) is 13.2. The number of hydrogen-bond donors (Lipinski definition) is 1. The molecule has 0 saturated heterocycles. The first-order valence-electron chi connectivity index (χ1n) is 6.32. The predicted octanol–water partition coefficient (Wildman–Crippen LogP) is 4.29. The van der Waals surface area contributed by atoms with Crippen LogP contribution in [0.2, 0.25) is 0 Å². The molecular formula is C16H19NS. The molecule has 2 heteroatoms. The maximum absolute atomic E-state index is 5.59. The van der Waals surface area contributed by atoms with Gasteiger partial charge in [0.15, 0.2) is 0 Å². The first-order chi connectivity index (χ1) is 8.79. The maximum atomic E-state index is 5.59. The van der Waals surface area contributed by atoms with Gasteiger partial charge in [-0.25, -0.2) is 0 Å². The van der Waals surface area contributed by atoms with Crippen molar-refractivity contribution < 1.29 is 0 Å². The van der Waals surface area contributed by atoms with Crippen molar-refractivity contribution >= 4 is 11.8 Å². The molecule has 1 unspecified atom stereocenters. The van der Waals surface area contributed by atoms with E-state index in [9.17, 15) is 0 Å². The van der Waals surface area contributed by atoms with Crippen LogP contribution in [0.3, 0.4) is 0 Å². The summed E-state index contributed by atoms with van der Waals surface area (Å²) in [7, 11) is 0. The molecule has 0 amide bonds. The highest BCUT2D eigenvalue weighted by molar-refractivity contribution is 7.99. The Labute approximate surface area is 113 Å². The molecule has 94 valence electrons. The highest BCUT2D eigenvalue weighted by Gasteiger charge is 2.04. The van der Waals surface area contributed by atoms with Crippen LogP contribution >= 0.6 is 11.8 Å². The average molecular weight is 257 g/mol. The SMILES string of the molecule is CC(CCN)c1ccc(Sc2ccccc2)cc1. The van der Waals surface area contributed by atoms with Crippen molar-refractivity contribution in [3.8, 4) is 0 Å². The number of nitrogens with two attached hydrogens (primary N) is 1. The summed E-state index contributed by atoms with van der Waals surface area (Å²) in [5, 5.41) is 0. The smallest absolute Gasteiger partial charge is 0.0122 e. The highest BCUT2D eigenvalue weighted by Crippen LogP contribution is 2.29. The van der Waals surface area contributed by atoms with Gasteiger partial charge in [-0.2, -0.15) is 0 Å². The molecule has 18 heavy (non-hydrogen) atoms. The number of rotatable bonds is 5. The molecule has 0 spiro atoms. The van der Waals surface area contributed by atoms with Crippen molar-refractivity contribution in [3.63, 3.8) is 0 Å². The van der Waals surface area contributed by atoms with Gasteiger partial charge < -0.3 is 5.73 Å². The zero-order valence-electron chi connectivity index (χ0n) is 10.7. The fraction of sp³-hybridized carbons (Fsp3) is 0.250. The Hall–Kier alpha value is -1.25. The average Bonchev–Trinajstić information content (AvgIpc) is 2.41. The third-order valence-electron chi connectivity index (χ3n) is 3.03. The summed E-state index contributed by atoms with van der Waals surface area (Å²) < 4.78 is 0. The molecule has 0 radical (unpaired) electrons. The van der Waals surface area contributed by atoms with E-state index in [0.717, 1.165) is 13.0 Å². The summed E-state index contributed by atoms with van der Waals surface area (Å²) >= 11 is 1.80. The molecule has 2 N–H and O–H groups in total. The Morgan fingerprint density at radius 2 is 1.56 bits per heavy atom. The van der Waals surface area contributed by atoms with E-state index in [0.29, 0.717) is 5.92 Å². The molecule has 0 aliphatic rings. The van der Waals surface area contributed by atoms with Crippen molar-refractivity contribution in [2.45, 2.75) is 29.1 Å². The van der Waals surface area contributed by atoms with E-state index in [1.807, 2.05) is 6.07 Å². The van der Waals surface area contributed by atoms with Gasteiger partial charge in [0.2, 0.25) is 0 Å². The summed E-state index contributed by atoms with van der Waals surface area (Å²) in [6.45, 7) is 2.98. The van der Waals surface area contributed by atoms with E-state index in [4.69, 9.17) is 5.73 Å². The minimum atomic E-state index is 0.547. The van der Waals surface area contributed by atoms with Crippen LogP contribution in [0.4, 0.5) is 0 Å². The lowest BCUT2D eigenvalue weighted by Gasteiger charge is -2.11. The van der Waals surface area contributed by atoms with Crippen LogP contribution in [0, 0.1) is 0 Å². The molecule has 2 aromatic carbocycles. The van der Waals surface area contributed by atoms with Gasteiger partial charge in [-0.3, -0.25) is 0 Å². The highest BCUT2D eigenvalue weighted by atomic mass is 32.2. The van der Waals surface area contributed by atoms with E-state index in [1.54, 1.807) is 11.8 Å². The van der Waals surface area contributed by atoms with E-state index in [2.05, 4.69) is 55.5 Å². The van der Waals surface area contributed by atoms with Crippen LogP contribution in [0.25, 0.3) is 0 Å². The molecule has 0 heterocycles. The Balaban J connectivity index is 2.04. The Morgan fingerprint density at radius 1 is 0.944 bits per heavy atom. The van der Waals surface area contributed by atoms with E-state index in [-0.39, 0.29) is 0 Å². The van der Waals surface area contributed by atoms with Crippen LogP contribution in [-0.2, 0) is 0 Å². The van der Waals surface area contributed by atoms with Crippen LogP contribution < -0.4 is 5.73 Å². The quantitative estimate of drug-likeness (QED) is 0.864. The standard InChI is InChI=1S/C16H19NS/c1-13(11-12-17)14-7-9-16(10-8-14)18-15-5-3-2-4-6-15/h2-10,13H,11-12,17H2,1H3. The molecule has 0 fully saturated rings. The minimum Gasteiger partial charge on any atom is -0.330 e. The molecule has 0 aliphatic carbocycles. The van der Waals surface area contributed by atoms with Gasteiger partial charge in [0.05, 0.1) is 0 Å². The van der Waals surface area contributed by atoms with Gasteiger partial charge in [0.1, 0.15) is 0 Å². The van der Waals surface area contributed by atoms with Crippen molar-refractivity contribution in [3.05, 3.63) is 60.2 Å². The molecule has 0 bridgehead atoms. The van der Waals surface area contributed by atoms with E-state index < -0.39 is 0 Å². The van der Waals surface area contributed by atoms with Crippen LogP contribution in [0.1, 0.15) is 24.8 Å². The van der Waals surface area contributed by atoms with Crippen molar-refractivity contribution in [2.24, 2.45) is 5.73 Å². The van der Waals surface area contributed by atoms with Gasteiger partial charge in [0, 0.05) is 9.79 Å². The summed E-state index contributed by atoms with van der Waals surface area (Å²) in [5.41, 5.74) is 6.97. The topological polar surface area (TPSA) is 26.0 Å². The third-order valence-corrected chi connectivity index (χ3v) is 4.04. The molecule has 1 nitrogen and oxygen atoms in total. The second-order valence-corrected chi connectivity index (χ2v) is 5.61. The van der Waals surface area contributed by atoms with E-state index >= 15 is 0 Å². The summed E-state index contributed by atoms with van der Waals surface area (Å²) in [6.07, 6.45) is 1.05. The molecular weight excluding hydrogens is 238 g/mol. The van der Waals surface area contributed by atoms with Crippen molar-refractivity contribution in [2.75, 3.05) is 6.54 Å². The first-order valence-corrected chi connectivity index (χ1v) is 7.14. The molecule has 2 aromatic rings. The monoisotopic (exact) mass is 257 g/mol. The normalized spacial score (nSPS) is 12.3. The van der Waals surface area contributed by atoms with Gasteiger partial charge >= 0.3 is 0 Å². The molecule has 0 saturated carbocycles. The van der Waals surface area contributed by atoms with Crippen molar-refractivity contribution in [1.82, 2.24) is 0 Å². The van der Waals surface area contributed by atoms with Crippen molar-refractivity contribution in [1.29, 1.82) is 0 Å². The summed E-state index contributed by atoms with van der Waals surface area (Å²) in [5.74, 6) is 0.547. The second kappa shape index (κ2) is 6.62. The summed E-state index contributed by atoms with van der Waals surface area (Å²) in [4.78, 5) is 2.56. The third kappa shape index (κ3) is 3.62. The Bertz CT molecular complexity index is 464. The predicted molar refractivity (Wildman–Crippen MR) is 79.1 cm³/mol. The maximum Gasteiger partial charge on any atom is 0.0122 e. The van der Waals surface area contributed by atoms with Crippen LogP contribution in [0.5, 0.6) is 0 Å². The Morgan fingerprint density at radius 3 is 2.17 bits per heavy atom. The largest absolute Gasteiger partial charge is 0.330 e. The van der Waals surface area contributed by atoms with Gasteiger partial charge in [-0.1, -0.05) is 49.0 Å². The lowest BCUT2D eigenvalue weighted by atomic mass is 9.98. The fourth-order valence-corrected chi connectivity index (χ4v) is 2.74. The lowest BCUT2D eigenvalue weighted by Crippen LogP contribution is -2.04. The number of benzene rings is 2. The van der Waals surface area contributed by atoms with Crippen LogP contribution in [-0.4, -0.2) is 6.54 Å². The lowest BCUT2D eigenvalue weighted by molar-refractivity contribution is 0.689.